The number of hydrogen-bond donors (Lipinski definition) is 2. The van der Waals surface area contributed by atoms with Crippen LogP contribution in [0.1, 0.15) is 0 Å². The van der Waals surface area contributed by atoms with Crippen LogP contribution in [0.4, 0.5) is 11.7 Å². The molecule has 0 saturated heterocycles. The largest absolute Gasteiger partial charge is 0.388 e. The van der Waals surface area contributed by atoms with Gasteiger partial charge in [0.2, 0.25) is 0 Å². The monoisotopic (exact) mass is 227 g/mol. The molecule has 0 unspecified atom stereocenters. The summed E-state index contributed by atoms with van der Waals surface area (Å²) in [6.45, 7) is 0. The second-order valence-electron chi connectivity index (χ2n) is 3.55. The predicted octanol–water partition coefficient (Wildman–Crippen LogP) is 2.26. The molecule has 0 fully saturated rings. The van der Waals surface area contributed by atoms with E-state index in [0.29, 0.717) is 10.9 Å². The van der Waals surface area contributed by atoms with Crippen LogP contribution in [0.25, 0.3) is 10.9 Å². The highest BCUT2D eigenvalue weighted by Gasteiger charge is 2.05. The molecule has 3 rings (SSSR count). The van der Waals surface area contributed by atoms with Crippen molar-refractivity contribution in [3.05, 3.63) is 53.1 Å². The fraction of sp³-hybridized carbons (Fsp3) is 0. The number of nitrogens with zero attached hydrogens (tertiary/aromatic N) is 1. The normalized spacial score (nSPS) is 10.6. The molecule has 3 aromatic rings. The Morgan fingerprint density at radius 2 is 2.12 bits per heavy atom. The van der Waals surface area contributed by atoms with E-state index in [0.717, 1.165) is 5.69 Å². The second kappa shape index (κ2) is 3.79. The zero-order chi connectivity index (χ0) is 11.7. The average Bonchev–Trinajstić information content (AvgIpc) is 2.82. The summed E-state index contributed by atoms with van der Waals surface area (Å²) in [5.41, 5.74) is 1.01. The molecule has 1 aromatic carbocycles. The molecule has 17 heavy (non-hydrogen) atoms. The molecule has 0 radical (unpaired) electrons. The molecule has 0 atom stereocenters. The first-order chi connectivity index (χ1) is 8.33. The molecule has 0 amide bonds. The average molecular weight is 227 g/mol. The van der Waals surface area contributed by atoms with Gasteiger partial charge in [0.15, 0.2) is 0 Å². The quantitative estimate of drug-likeness (QED) is 0.704. The first-order valence-corrected chi connectivity index (χ1v) is 5.12. The van der Waals surface area contributed by atoms with Crippen molar-refractivity contribution in [2.24, 2.45) is 0 Å². The molecule has 5 heteroatoms. The van der Waals surface area contributed by atoms with Gasteiger partial charge in [0.1, 0.15) is 0 Å². The van der Waals surface area contributed by atoms with E-state index in [1.54, 1.807) is 30.6 Å². The molecule has 0 bridgehead atoms. The van der Waals surface area contributed by atoms with Gasteiger partial charge in [0, 0.05) is 12.4 Å². The highest BCUT2D eigenvalue weighted by atomic mass is 16.4. The molecule has 0 aliphatic heterocycles. The minimum absolute atomic E-state index is 0.188. The Morgan fingerprint density at radius 1 is 1.24 bits per heavy atom. The summed E-state index contributed by atoms with van der Waals surface area (Å²) < 4.78 is 5.07. The van der Waals surface area contributed by atoms with Gasteiger partial charge in [-0.15, -0.1) is 0 Å². The van der Waals surface area contributed by atoms with Crippen LogP contribution in [0, 0.1) is 0 Å². The van der Waals surface area contributed by atoms with Crippen molar-refractivity contribution in [1.82, 2.24) is 9.97 Å². The maximum absolute atomic E-state index is 11.7. The van der Waals surface area contributed by atoms with Gasteiger partial charge in [-0.2, -0.15) is 4.98 Å². The molecule has 2 N–H and O–H groups in total. The molecular weight excluding hydrogens is 218 g/mol. The lowest BCUT2D eigenvalue weighted by molar-refractivity contribution is 0.522. The number of anilines is 2. The van der Waals surface area contributed by atoms with Gasteiger partial charge >= 0.3 is 11.6 Å². The summed E-state index contributed by atoms with van der Waals surface area (Å²) in [5, 5.41) is 3.39. The fourth-order valence-electron chi connectivity index (χ4n) is 1.60. The van der Waals surface area contributed by atoms with Gasteiger partial charge in [-0.25, -0.2) is 4.79 Å². The number of aromatic amines is 1. The van der Waals surface area contributed by atoms with Crippen molar-refractivity contribution in [3.63, 3.8) is 0 Å². The van der Waals surface area contributed by atoms with Gasteiger partial charge in [-0.05, 0) is 18.2 Å². The molecule has 5 nitrogen and oxygen atoms in total. The molecule has 2 aromatic heterocycles. The summed E-state index contributed by atoms with van der Waals surface area (Å²) in [5.74, 6) is 0. The maximum Gasteiger partial charge on any atom is 0.348 e. The minimum Gasteiger partial charge on any atom is -0.388 e. The maximum atomic E-state index is 11.7. The number of nitrogens with one attached hydrogen (secondary N) is 2. The standard InChI is InChI=1S/C12H9N3O2/c16-11-9-3-1-2-4-10(9)15-12(17-11)14-8-5-6-13-7-8/h1-7,13H,(H,14,15). The zero-order valence-electron chi connectivity index (χ0n) is 8.81. The van der Waals surface area contributed by atoms with E-state index in [-0.39, 0.29) is 6.01 Å². The van der Waals surface area contributed by atoms with Crippen LogP contribution in [0.5, 0.6) is 0 Å². The van der Waals surface area contributed by atoms with E-state index in [1.807, 2.05) is 12.1 Å². The summed E-state index contributed by atoms with van der Waals surface area (Å²) in [6.07, 6.45) is 3.51. The Balaban J connectivity index is 2.10. The lowest BCUT2D eigenvalue weighted by Crippen LogP contribution is -2.04. The van der Waals surface area contributed by atoms with Gasteiger partial charge in [0.25, 0.3) is 0 Å². The van der Waals surface area contributed by atoms with Gasteiger partial charge in [0.05, 0.1) is 16.6 Å². The van der Waals surface area contributed by atoms with Crippen molar-refractivity contribution >= 4 is 22.6 Å². The van der Waals surface area contributed by atoms with Crippen LogP contribution in [0.2, 0.25) is 0 Å². The highest BCUT2D eigenvalue weighted by molar-refractivity contribution is 5.77. The number of fused-ring (bicyclic) bond motifs is 1. The van der Waals surface area contributed by atoms with Crippen LogP contribution in [0.3, 0.4) is 0 Å². The molecule has 84 valence electrons. The SMILES string of the molecule is O=c1oc(Nc2cc[nH]c2)nc2ccccc12. The Bertz CT molecular complexity index is 701. The minimum atomic E-state index is -0.395. The predicted molar refractivity (Wildman–Crippen MR) is 64.4 cm³/mol. The second-order valence-corrected chi connectivity index (χ2v) is 3.55. The number of H-pyrrole nitrogens is 1. The molecule has 2 heterocycles. The van der Waals surface area contributed by atoms with Gasteiger partial charge in [-0.3, -0.25) is 0 Å². The van der Waals surface area contributed by atoms with Crippen molar-refractivity contribution in [1.29, 1.82) is 0 Å². The number of aromatic nitrogens is 2. The molecular formula is C12H9N3O2. The third-order valence-corrected chi connectivity index (χ3v) is 2.38. The Kier molecular flexibility index (Phi) is 2.15. The smallest absolute Gasteiger partial charge is 0.348 e. The van der Waals surface area contributed by atoms with E-state index < -0.39 is 5.63 Å². The third-order valence-electron chi connectivity index (χ3n) is 2.38. The molecule has 0 aliphatic rings. The lowest BCUT2D eigenvalue weighted by atomic mass is 10.2. The van der Waals surface area contributed by atoms with Gasteiger partial charge < -0.3 is 14.7 Å². The van der Waals surface area contributed by atoms with Crippen molar-refractivity contribution in [2.45, 2.75) is 0 Å². The van der Waals surface area contributed by atoms with Crippen LogP contribution in [0.15, 0.2) is 51.9 Å². The van der Waals surface area contributed by atoms with E-state index in [2.05, 4.69) is 15.3 Å². The lowest BCUT2D eigenvalue weighted by Gasteiger charge is -2.01. The third kappa shape index (κ3) is 1.78. The van der Waals surface area contributed by atoms with Crippen molar-refractivity contribution in [3.8, 4) is 0 Å². The fourth-order valence-corrected chi connectivity index (χ4v) is 1.60. The summed E-state index contributed by atoms with van der Waals surface area (Å²) in [4.78, 5) is 18.8. The Labute approximate surface area is 96.1 Å². The molecule has 0 spiro atoms. The topological polar surface area (TPSA) is 70.9 Å². The van der Waals surface area contributed by atoms with Crippen LogP contribution >= 0.6 is 0 Å². The zero-order valence-corrected chi connectivity index (χ0v) is 8.81. The van der Waals surface area contributed by atoms with E-state index >= 15 is 0 Å². The van der Waals surface area contributed by atoms with Crippen LogP contribution in [-0.2, 0) is 0 Å². The highest BCUT2D eigenvalue weighted by Crippen LogP contribution is 2.14. The first kappa shape index (κ1) is 9.65. The van der Waals surface area contributed by atoms with Crippen molar-refractivity contribution in [2.75, 3.05) is 5.32 Å². The number of hydrogen-bond acceptors (Lipinski definition) is 4. The Hall–Kier alpha value is -2.56. The van der Waals surface area contributed by atoms with Gasteiger partial charge in [-0.1, -0.05) is 12.1 Å². The number of benzene rings is 1. The number of para-hydroxylation sites is 1. The van der Waals surface area contributed by atoms with Crippen LogP contribution < -0.4 is 10.9 Å². The summed E-state index contributed by atoms with van der Waals surface area (Å²) >= 11 is 0. The first-order valence-electron chi connectivity index (χ1n) is 5.12. The van der Waals surface area contributed by atoms with E-state index in [1.165, 1.54) is 0 Å². The summed E-state index contributed by atoms with van der Waals surface area (Å²) in [7, 11) is 0. The molecule has 0 aliphatic carbocycles. The Morgan fingerprint density at radius 3 is 2.94 bits per heavy atom. The number of rotatable bonds is 2. The van der Waals surface area contributed by atoms with E-state index in [4.69, 9.17) is 4.42 Å². The van der Waals surface area contributed by atoms with Crippen LogP contribution in [-0.4, -0.2) is 9.97 Å². The summed E-state index contributed by atoms with van der Waals surface area (Å²) in [6, 6.07) is 9.07. The van der Waals surface area contributed by atoms with E-state index in [9.17, 15) is 4.79 Å². The van der Waals surface area contributed by atoms with Crippen molar-refractivity contribution < 1.29 is 4.42 Å². The molecule has 0 saturated carbocycles.